The minimum Gasteiger partial charge on any atom is -0.417 e. The number of halogens is 4. The average molecular weight is 307 g/mol. The summed E-state index contributed by atoms with van der Waals surface area (Å²) in [6.45, 7) is -2.94. The van der Waals surface area contributed by atoms with E-state index in [1.807, 2.05) is 0 Å². The molecule has 1 aliphatic carbocycles. The van der Waals surface area contributed by atoms with E-state index < -0.39 is 24.6 Å². The highest BCUT2D eigenvalue weighted by molar-refractivity contribution is 5.74. The third kappa shape index (κ3) is 4.76. The van der Waals surface area contributed by atoms with Crippen LogP contribution in [0.1, 0.15) is 18.4 Å². The van der Waals surface area contributed by atoms with E-state index in [9.17, 15) is 22.4 Å². The fourth-order valence-corrected chi connectivity index (χ4v) is 1.90. The lowest BCUT2D eigenvalue weighted by Gasteiger charge is -2.35. The highest BCUT2D eigenvalue weighted by Gasteiger charge is 2.45. The Morgan fingerprint density at radius 3 is 2.81 bits per heavy atom. The van der Waals surface area contributed by atoms with E-state index in [0.717, 1.165) is 0 Å². The number of nitrogens with zero attached hydrogens (tertiary/aromatic N) is 1. The first-order valence-electron chi connectivity index (χ1n) is 6.16. The lowest BCUT2D eigenvalue weighted by atomic mass is 9.88. The number of hydrogen-bond donors (Lipinski definition) is 2. The van der Waals surface area contributed by atoms with E-state index in [-0.39, 0.29) is 25.3 Å². The molecule has 1 aromatic heterocycles. The zero-order valence-electron chi connectivity index (χ0n) is 10.8. The number of nitrogens with one attached hydrogen (secondary N) is 2. The molecule has 5 nitrogen and oxygen atoms in total. The number of amides is 2. The minimum atomic E-state index is -2.98. The number of carbonyl (C=O) groups is 1. The van der Waals surface area contributed by atoms with Gasteiger partial charge in [-0.3, -0.25) is 0 Å². The van der Waals surface area contributed by atoms with Gasteiger partial charge in [0.25, 0.3) is 5.92 Å². The largest absolute Gasteiger partial charge is 0.417 e. The molecule has 21 heavy (non-hydrogen) atoms. The lowest BCUT2D eigenvalue weighted by Crippen LogP contribution is -2.52. The van der Waals surface area contributed by atoms with E-state index in [4.69, 9.17) is 0 Å². The Morgan fingerprint density at radius 1 is 1.48 bits per heavy atom. The molecule has 0 radical (unpaired) electrons. The van der Waals surface area contributed by atoms with Crippen LogP contribution < -0.4 is 15.4 Å². The van der Waals surface area contributed by atoms with Crippen LogP contribution in [0.25, 0.3) is 0 Å². The molecule has 9 heteroatoms. The van der Waals surface area contributed by atoms with Crippen molar-refractivity contribution in [2.75, 3.05) is 0 Å². The number of ether oxygens (including phenoxy) is 1. The first-order valence-corrected chi connectivity index (χ1v) is 6.16. The molecule has 116 valence electrons. The molecule has 0 unspecified atom stereocenters. The van der Waals surface area contributed by atoms with Crippen molar-refractivity contribution in [1.29, 1.82) is 0 Å². The minimum absolute atomic E-state index is 0.0388. The van der Waals surface area contributed by atoms with Crippen LogP contribution >= 0.6 is 0 Å². The van der Waals surface area contributed by atoms with Gasteiger partial charge in [-0.05, 0) is 11.6 Å². The second-order valence-corrected chi connectivity index (χ2v) is 4.67. The van der Waals surface area contributed by atoms with Crippen LogP contribution in [0.4, 0.5) is 22.4 Å². The summed E-state index contributed by atoms with van der Waals surface area (Å²) in [4.78, 5) is 15.0. The van der Waals surface area contributed by atoms with Crippen LogP contribution in [0.15, 0.2) is 18.3 Å². The Labute approximate surface area is 117 Å². The van der Waals surface area contributed by atoms with Crippen LogP contribution in [0.3, 0.4) is 0 Å². The van der Waals surface area contributed by atoms with Crippen LogP contribution in [0.5, 0.6) is 5.88 Å². The number of rotatable bonds is 5. The molecule has 2 rings (SSSR count). The molecule has 1 fully saturated rings. The van der Waals surface area contributed by atoms with E-state index in [2.05, 4.69) is 20.4 Å². The molecule has 0 aromatic carbocycles. The van der Waals surface area contributed by atoms with Gasteiger partial charge >= 0.3 is 12.6 Å². The van der Waals surface area contributed by atoms with Gasteiger partial charge in [-0.2, -0.15) is 8.78 Å². The summed E-state index contributed by atoms with van der Waals surface area (Å²) in [5.41, 5.74) is 0.495. The molecular weight excluding hydrogens is 294 g/mol. The first kappa shape index (κ1) is 15.3. The van der Waals surface area contributed by atoms with Crippen molar-refractivity contribution in [1.82, 2.24) is 15.6 Å². The number of hydrogen-bond acceptors (Lipinski definition) is 3. The fraction of sp³-hybridized carbons (Fsp3) is 0.500. The average Bonchev–Trinajstić information content (AvgIpc) is 2.34. The zero-order chi connectivity index (χ0) is 15.5. The van der Waals surface area contributed by atoms with Gasteiger partial charge in [0, 0.05) is 37.7 Å². The van der Waals surface area contributed by atoms with E-state index in [0.29, 0.717) is 5.56 Å². The van der Waals surface area contributed by atoms with Crippen molar-refractivity contribution in [3.63, 3.8) is 0 Å². The summed E-state index contributed by atoms with van der Waals surface area (Å²) in [6, 6.07) is 1.62. The van der Waals surface area contributed by atoms with Gasteiger partial charge in [-0.1, -0.05) is 0 Å². The molecule has 1 aliphatic rings. The van der Waals surface area contributed by atoms with Gasteiger partial charge in [0.1, 0.15) is 0 Å². The maximum atomic E-state index is 12.6. The fourth-order valence-electron chi connectivity index (χ4n) is 1.90. The molecule has 1 heterocycles. The standard InChI is InChI=1S/C12H13F4N3O2/c13-10(14)21-9-3-7(1-2-17-9)6-18-11(20)19-8-4-12(15,16)5-8/h1-3,8,10H,4-6H2,(H2,18,19,20). The maximum Gasteiger partial charge on any atom is 0.388 e. The molecule has 0 spiro atoms. The first-order chi connectivity index (χ1) is 9.84. The van der Waals surface area contributed by atoms with Crippen LogP contribution in [-0.4, -0.2) is 29.6 Å². The molecule has 0 aliphatic heterocycles. The van der Waals surface area contributed by atoms with Gasteiger partial charge in [0.05, 0.1) is 0 Å². The molecule has 2 N–H and O–H groups in total. The van der Waals surface area contributed by atoms with E-state index in [1.165, 1.54) is 18.3 Å². The summed E-state index contributed by atoms with van der Waals surface area (Å²) in [7, 11) is 0. The monoisotopic (exact) mass is 307 g/mol. The summed E-state index contributed by atoms with van der Waals surface area (Å²) in [5.74, 6) is -2.96. The van der Waals surface area contributed by atoms with Crippen molar-refractivity contribution >= 4 is 6.03 Å². The normalized spacial score (nSPS) is 17.2. The van der Waals surface area contributed by atoms with Gasteiger partial charge in [0.2, 0.25) is 5.88 Å². The quantitative estimate of drug-likeness (QED) is 0.820. The van der Waals surface area contributed by atoms with E-state index >= 15 is 0 Å². The van der Waals surface area contributed by atoms with Gasteiger partial charge < -0.3 is 15.4 Å². The van der Waals surface area contributed by atoms with Gasteiger partial charge in [0.15, 0.2) is 0 Å². The molecule has 0 saturated heterocycles. The smallest absolute Gasteiger partial charge is 0.388 e. The summed E-state index contributed by atoms with van der Waals surface area (Å²) < 4.78 is 53.3. The van der Waals surface area contributed by atoms with Crippen LogP contribution in [0, 0.1) is 0 Å². The summed E-state index contributed by atoms with van der Waals surface area (Å²) >= 11 is 0. The van der Waals surface area contributed by atoms with Crippen molar-refractivity contribution in [3.05, 3.63) is 23.9 Å². The van der Waals surface area contributed by atoms with E-state index in [1.54, 1.807) is 0 Å². The number of urea groups is 1. The predicted molar refractivity (Wildman–Crippen MR) is 64.2 cm³/mol. The van der Waals surface area contributed by atoms with Crippen molar-refractivity contribution in [3.8, 4) is 5.88 Å². The van der Waals surface area contributed by atoms with Crippen molar-refractivity contribution < 1.29 is 27.1 Å². The third-order valence-corrected chi connectivity index (χ3v) is 2.89. The maximum absolute atomic E-state index is 12.6. The Bertz CT molecular complexity index is 505. The Morgan fingerprint density at radius 2 is 2.19 bits per heavy atom. The third-order valence-electron chi connectivity index (χ3n) is 2.89. The predicted octanol–water partition coefficient (Wildman–Crippen LogP) is 2.28. The number of pyridine rings is 1. The van der Waals surface area contributed by atoms with Crippen LogP contribution in [0.2, 0.25) is 0 Å². The second-order valence-electron chi connectivity index (χ2n) is 4.67. The number of aromatic nitrogens is 1. The number of alkyl halides is 4. The second kappa shape index (κ2) is 6.15. The van der Waals surface area contributed by atoms with Crippen molar-refractivity contribution in [2.24, 2.45) is 0 Å². The summed E-state index contributed by atoms with van der Waals surface area (Å²) in [6.07, 6.45) is 0.517. The molecule has 1 aromatic rings. The van der Waals surface area contributed by atoms with Crippen LogP contribution in [-0.2, 0) is 6.54 Å². The molecule has 0 bridgehead atoms. The summed E-state index contributed by atoms with van der Waals surface area (Å²) in [5, 5.41) is 4.83. The lowest BCUT2D eigenvalue weighted by molar-refractivity contribution is -0.0896. The zero-order valence-corrected chi connectivity index (χ0v) is 10.8. The molecule has 1 saturated carbocycles. The molecule has 2 amide bonds. The highest BCUT2D eigenvalue weighted by atomic mass is 19.3. The topological polar surface area (TPSA) is 63.2 Å². The molecule has 0 atom stereocenters. The highest BCUT2D eigenvalue weighted by Crippen LogP contribution is 2.37. The Kier molecular flexibility index (Phi) is 4.49. The Balaban J connectivity index is 1.76. The number of carbonyl (C=O) groups excluding carboxylic acids is 1. The van der Waals surface area contributed by atoms with Crippen molar-refractivity contribution in [2.45, 2.75) is 38.0 Å². The Hall–Kier alpha value is -2.06. The van der Waals surface area contributed by atoms with Gasteiger partial charge in [-0.25, -0.2) is 18.6 Å². The SMILES string of the molecule is O=C(NCc1ccnc(OC(F)F)c1)NC1CC(F)(F)C1. The molecular formula is C12H13F4N3O2. The van der Waals surface area contributed by atoms with Gasteiger partial charge in [-0.15, -0.1) is 0 Å².